The molecule has 0 saturated carbocycles. The highest BCUT2D eigenvalue weighted by Gasteiger charge is 2.29. The maximum absolute atomic E-state index is 12.7. The second kappa shape index (κ2) is 5.78. The van der Waals surface area contributed by atoms with Gasteiger partial charge >= 0.3 is 0 Å². The predicted octanol–water partition coefficient (Wildman–Crippen LogP) is 2.02. The molecule has 1 aromatic carbocycles. The number of aliphatic hydroxyl groups is 1. The van der Waals surface area contributed by atoms with Gasteiger partial charge in [-0.3, -0.25) is 0 Å². The lowest BCUT2D eigenvalue weighted by molar-refractivity contribution is 0.0185. The van der Waals surface area contributed by atoms with Gasteiger partial charge in [0.15, 0.2) is 0 Å². The van der Waals surface area contributed by atoms with Crippen LogP contribution in [-0.4, -0.2) is 30.4 Å². The molecule has 1 fully saturated rings. The minimum absolute atomic E-state index is 0.109. The van der Waals surface area contributed by atoms with Gasteiger partial charge in [0, 0.05) is 19.7 Å². The maximum atomic E-state index is 12.7. The number of hydrogen-bond donors (Lipinski definition) is 2. The summed E-state index contributed by atoms with van der Waals surface area (Å²) in [7, 11) is 0. The topological polar surface area (TPSA) is 41.5 Å². The third-order valence-corrected chi connectivity index (χ3v) is 3.39. The van der Waals surface area contributed by atoms with Crippen LogP contribution in [0.5, 0.6) is 0 Å². The fourth-order valence-electron chi connectivity index (χ4n) is 2.25. The molecule has 1 heterocycles. The fourth-order valence-corrected chi connectivity index (χ4v) is 2.25. The van der Waals surface area contributed by atoms with Crippen molar-refractivity contribution >= 4 is 0 Å². The summed E-state index contributed by atoms with van der Waals surface area (Å²) in [5.74, 6) is -0.286. The van der Waals surface area contributed by atoms with Crippen molar-refractivity contribution in [1.29, 1.82) is 0 Å². The Morgan fingerprint density at radius 2 is 2.17 bits per heavy atom. The lowest BCUT2D eigenvalue weighted by Gasteiger charge is -2.24. The standard InChI is InChI=1S/C14H20FNO2/c1-14(7-2-8-18-14)10-16-9-13(17)11-3-5-12(15)6-4-11/h3-6,13,16-17H,2,7-10H2,1H3. The molecule has 4 heteroatoms. The van der Waals surface area contributed by atoms with Gasteiger partial charge in [0.25, 0.3) is 0 Å². The maximum Gasteiger partial charge on any atom is 0.123 e. The quantitative estimate of drug-likeness (QED) is 0.843. The van der Waals surface area contributed by atoms with Crippen molar-refractivity contribution in [2.45, 2.75) is 31.5 Å². The summed E-state index contributed by atoms with van der Waals surface area (Å²) in [6, 6.07) is 5.94. The summed E-state index contributed by atoms with van der Waals surface area (Å²) >= 11 is 0. The van der Waals surface area contributed by atoms with Crippen molar-refractivity contribution in [2.75, 3.05) is 19.7 Å². The van der Waals surface area contributed by atoms with Gasteiger partial charge in [-0.15, -0.1) is 0 Å². The van der Waals surface area contributed by atoms with Crippen LogP contribution < -0.4 is 5.32 Å². The number of ether oxygens (including phenoxy) is 1. The highest BCUT2D eigenvalue weighted by molar-refractivity contribution is 5.18. The van der Waals surface area contributed by atoms with Gasteiger partial charge in [-0.05, 0) is 37.5 Å². The third kappa shape index (κ3) is 3.51. The van der Waals surface area contributed by atoms with E-state index in [1.54, 1.807) is 12.1 Å². The molecule has 0 bridgehead atoms. The van der Waals surface area contributed by atoms with Gasteiger partial charge in [0.05, 0.1) is 11.7 Å². The van der Waals surface area contributed by atoms with Gasteiger partial charge in [-0.25, -0.2) is 4.39 Å². The molecule has 3 nitrogen and oxygen atoms in total. The Bertz CT molecular complexity index is 374. The minimum Gasteiger partial charge on any atom is -0.387 e. The Morgan fingerprint density at radius 1 is 1.44 bits per heavy atom. The van der Waals surface area contributed by atoms with Crippen molar-refractivity contribution in [3.05, 3.63) is 35.6 Å². The molecule has 2 rings (SSSR count). The summed E-state index contributed by atoms with van der Waals surface area (Å²) < 4.78 is 18.4. The van der Waals surface area contributed by atoms with Crippen molar-refractivity contribution in [1.82, 2.24) is 5.32 Å². The zero-order valence-corrected chi connectivity index (χ0v) is 10.7. The Labute approximate surface area is 107 Å². The van der Waals surface area contributed by atoms with E-state index in [-0.39, 0.29) is 11.4 Å². The fraction of sp³-hybridized carbons (Fsp3) is 0.571. The largest absolute Gasteiger partial charge is 0.387 e. The molecule has 100 valence electrons. The molecule has 1 aliphatic rings. The number of rotatable bonds is 5. The van der Waals surface area contributed by atoms with Crippen LogP contribution in [0.2, 0.25) is 0 Å². The van der Waals surface area contributed by atoms with Crippen LogP contribution in [0, 0.1) is 5.82 Å². The number of hydrogen-bond acceptors (Lipinski definition) is 3. The molecule has 0 radical (unpaired) electrons. The second-order valence-corrected chi connectivity index (χ2v) is 5.10. The monoisotopic (exact) mass is 253 g/mol. The van der Waals surface area contributed by atoms with Crippen LogP contribution >= 0.6 is 0 Å². The zero-order valence-electron chi connectivity index (χ0n) is 10.7. The van der Waals surface area contributed by atoms with Crippen LogP contribution in [0.3, 0.4) is 0 Å². The molecule has 2 N–H and O–H groups in total. The first-order valence-electron chi connectivity index (χ1n) is 6.37. The number of benzene rings is 1. The number of nitrogens with one attached hydrogen (secondary N) is 1. The van der Waals surface area contributed by atoms with Crippen LogP contribution in [-0.2, 0) is 4.74 Å². The molecule has 1 saturated heterocycles. The molecule has 0 spiro atoms. The van der Waals surface area contributed by atoms with Crippen molar-refractivity contribution in [3.8, 4) is 0 Å². The van der Waals surface area contributed by atoms with Crippen LogP contribution in [0.25, 0.3) is 0 Å². The molecule has 2 unspecified atom stereocenters. The van der Waals surface area contributed by atoms with E-state index in [9.17, 15) is 9.50 Å². The molecule has 0 amide bonds. The summed E-state index contributed by atoms with van der Waals surface area (Å²) in [5.41, 5.74) is 0.615. The SMILES string of the molecule is CC1(CNCC(O)c2ccc(F)cc2)CCCO1. The van der Waals surface area contributed by atoms with Gasteiger partial charge in [-0.2, -0.15) is 0 Å². The van der Waals surface area contributed by atoms with Crippen LogP contribution in [0.15, 0.2) is 24.3 Å². The Morgan fingerprint density at radius 3 is 2.78 bits per heavy atom. The van der Waals surface area contributed by atoms with E-state index in [0.717, 1.165) is 31.6 Å². The van der Waals surface area contributed by atoms with Crippen LogP contribution in [0.4, 0.5) is 4.39 Å². The van der Waals surface area contributed by atoms with Crippen LogP contribution in [0.1, 0.15) is 31.4 Å². The van der Waals surface area contributed by atoms with Crippen molar-refractivity contribution in [2.24, 2.45) is 0 Å². The smallest absolute Gasteiger partial charge is 0.123 e. The predicted molar refractivity (Wildman–Crippen MR) is 67.8 cm³/mol. The first-order chi connectivity index (χ1) is 8.59. The molecular weight excluding hydrogens is 233 g/mol. The summed E-state index contributed by atoms with van der Waals surface area (Å²) in [6.07, 6.45) is 1.53. The van der Waals surface area contributed by atoms with Gasteiger partial charge < -0.3 is 15.2 Å². The molecule has 0 aliphatic carbocycles. The Kier molecular flexibility index (Phi) is 4.32. The van der Waals surface area contributed by atoms with E-state index in [0.29, 0.717) is 6.54 Å². The van der Waals surface area contributed by atoms with E-state index >= 15 is 0 Å². The lowest BCUT2D eigenvalue weighted by atomic mass is 10.0. The summed E-state index contributed by atoms with van der Waals surface area (Å²) in [5, 5.41) is 13.2. The molecule has 0 aromatic heterocycles. The normalized spacial score (nSPS) is 25.3. The molecule has 1 aromatic rings. The zero-order chi connectivity index (χ0) is 13.0. The molecule has 2 atom stereocenters. The summed E-state index contributed by atoms with van der Waals surface area (Å²) in [4.78, 5) is 0. The van der Waals surface area contributed by atoms with E-state index in [1.807, 2.05) is 0 Å². The first-order valence-corrected chi connectivity index (χ1v) is 6.37. The van der Waals surface area contributed by atoms with Crippen molar-refractivity contribution in [3.63, 3.8) is 0 Å². The first kappa shape index (κ1) is 13.5. The number of halogens is 1. The third-order valence-electron chi connectivity index (χ3n) is 3.39. The molecular formula is C14H20FNO2. The average molecular weight is 253 g/mol. The molecule has 1 aliphatic heterocycles. The van der Waals surface area contributed by atoms with E-state index < -0.39 is 6.10 Å². The van der Waals surface area contributed by atoms with Gasteiger partial charge in [0.1, 0.15) is 5.82 Å². The highest BCUT2D eigenvalue weighted by Crippen LogP contribution is 2.24. The average Bonchev–Trinajstić information content (AvgIpc) is 2.77. The summed E-state index contributed by atoms with van der Waals surface area (Å²) in [6.45, 7) is 4.08. The van der Waals surface area contributed by atoms with E-state index in [2.05, 4.69) is 12.2 Å². The van der Waals surface area contributed by atoms with E-state index in [4.69, 9.17) is 4.74 Å². The molecule has 18 heavy (non-hydrogen) atoms. The second-order valence-electron chi connectivity index (χ2n) is 5.10. The Hall–Kier alpha value is -0.970. The lowest BCUT2D eigenvalue weighted by Crippen LogP contribution is -2.38. The highest BCUT2D eigenvalue weighted by atomic mass is 19.1. The van der Waals surface area contributed by atoms with Crippen molar-refractivity contribution < 1.29 is 14.2 Å². The minimum atomic E-state index is -0.615. The van der Waals surface area contributed by atoms with Gasteiger partial charge in [-0.1, -0.05) is 12.1 Å². The van der Waals surface area contributed by atoms with Gasteiger partial charge in [0.2, 0.25) is 0 Å². The van der Waals surface area contributed by atoms with E-state index in [1.165, 1.54) is 12.1 Å². The number of aliphatic hydroxyl groups excluding tert-OH is 1. The Balaban J connectivity index is 1.77.